The van der Waals surface area contributed by atoms with E-state index in [0.717, 1.165) is 0 Å². The lowest BCUT2D eigenvalue weighted by Gasteiger charge is -2.10. The van der Waals surface area contributed by atoms with Crippen molar-refractivity contribution in [1.82, 2.24) is 10.1 Å². The molecule has 1 atom stereocenters. The third kappa shape index (κ3) is 3.60. The van der Waals surface area contributed by atoms with Gasteiger partial charge in [0.25, 0.3) is 0 Å². The van der Waals surface area contributed by atoms with Gasteiger partial charge in [-0.2, -0.15) is 4.98 Å². The van der Waals surface area contributed by atoms with Crippen LogP contribution in [0.1, 0.15) is 51.4 Å². The van der Waals surface area contributed by atoms with Gasteiger partial charge in [0.1, 0.15) is 0 Å². The first kappa shape index (κ1) is 12.1. The van der Waals surface area contributed by atoms with E-state index in [1.54, 1.807) is 0 Å². The molecule has 0 amide bonds. The van der Waals surface area contributed by atoms with Gasteiger partial charge in [-0.1, -0.05) is 19.0 Å². The van der Waals surface area contributed by atoms with Crippen LogP contribution < -0.4 is 5.73 Å². The van der Waals surface area contributed by atoms with Gasteiger partial charge in [0.05, 0.1) is 18.8 Å². The van der Waals surface area contributed by atoms with Crippen LogP contribution in [0, 0.1) is 0 Å². The van der Waals surface area contributed by atoms with Crippen LogP contribution in [0.15, 0.2) is 4.52 Å². The van der Waals surface area contributed by atoms with E-state index in [-0.39, 0.29) is 18.1 Å². The second-order valence-corrected chi connectivity index (χ2v) is 4.13. The van der Waals surface area contributed by atoms with Crippen molar-refractivity contribution in [3.8, 4) is 0 Å². The first-order valence-electron chi connectivity index (χ1n) is 5.21. The fraction of sp³-hybridized carbons (Fsp3) is 0.800. The molecule has 0 aromatic carbocycles. The lowest BCUT2D eigenvalue weighted by molar-refractivity contribution is 0.0665. The summed E-state index contributed by atoms with van der Waals surface area (Å²) in [7, 11) is 0. The van der Waals surface area contributed by atoms with E-state index in [1.165, 1.54) is 0 Å². The maximum Gasteiger partial charge on any atom is 0.229 e. The molecule has 0 aliphatic carbocycles. The zero-order valence-electron chi connectivity index (χ0n) is 9.73. The van der Waals surface area contributed by atoms with Gasteiger partial charge in [-0.25, -0.2) is 0 Å². The van der Waals surface area contributed by atoms with Crippen molar-refractivity contribution < 1.29 is 9.26 Å². The van der Waals surface area contributed by atoms with Crippen molar-refractivity contribution >= 4 is 0 Å². The molecule has 0 aliphatic heterocycles. The Bertz CT molecular complexity index is 297. The summed E-state index contributed by atoms with van der Waals surface area (Å²) in [4.78, 5) is 4.20. The summed E-state index contributed by atoms with van der Waals surface area (Å²) in [5.41, 5.74) is 5.85. The van der Waals surface area contributed by atoms with Crippen molar-refractivity contribution in [2.75, 3.05) is 6.61 Å². The summed E-state index contributed by atoms with van der Waals surface area (Å²) in [6.07, 6.45) is 0.160. The first-order chi connectivity index (χ1) is 7.00. The Morgan fingerprint density at radius 3 is 2.47 bits per heavy atom. The average molecular weight is 213 g/mol. The first-order valence-corrected chi connectivity index (χ1v) is 5.21. The Balaban J connectivity index is 2.54. The molecule has 1 aromatic heterocycles. The fourth-order valence-electron chi connectivity index (χ4n) is 1.00. The van der Waals surface area contributed by atoms with Crippen LogP contribution in [0.2, 0.25) is 0 Å². The molecule has 0 bridgehead atoms. The number of hydrogen-bond donors (Lipinski definition) is 1. The smallest absolute Gasteiger partial charge is 0.229 e. The van der Waals surface area contributed by atoms with Crippen LogP contribution >= 0.6 is 0 Å². The minimum atomic E-state index is -0.316. The standard InChI is InChI=1S/C10H19N3O2/c1-6(2)10-12-9(13-15-10)8(11)5-14-7(3)4/h6-8H,5,11H2,1-4H3. The van der Waals surface area contributed by atoms with Crippen LogP contribution in [-0.2, 0) is 4.74 Å². The van der Waals surface area contributed by atoms with Crippen LogP contribution in [0.5, 0.6) is 0 Å². The summed E-state index contributed by atoms with van der Waals surface area (Å²) >= 11 is 0. The topological polar surface area (TPSA) is 74.2 Å². The number of nitrogens with zero attached hydrogens (tertiary/aromatic N) is 2. The molecular weight excluding hydrogens is 194 g/mol. The Hall–Kier alpha value is -0.940. The van der Waals surface area contributed by atoms with Crippen molar-refractivity contribution in [3.05, 3.63) is 11.7 Å². The third-order valence-electron chi connectivity index (χ3n) is 1.89. The number of nitrogens with two attached hydrogens (primary N) is 1. The predicted octanol–water partition coefficient (Wildman–Crippen LogP) is 1.62. The normalized spacial score (nSPS) is 13.8. The zero-order chi connectivity index (χ0) is 11.4. The fourth-order valence-corrected chi connectivity index (χ4v) is 1.00. The average Bonchev–Trinajstić information content (AvgIpc) is 2.62. The van der Waals surface area contributed by atoms with E-state index in [9.17, 15) is 0 Å². The molecule has 0 radical (unpaired) electrons. The molecule has 0 fully saturated rings. The molecule has 1 heterocycles. The van der Waals surface area contributed by atoms with Gasteiger partial charge in [-0.05, 0) is 13.8 Å². The van der Waals surface area contributed by atoms with E-state index >= 15 is 0 Å². The van der Waals surface area contributed by atoms with Crippen LogP contribution in [0.3, 0.4) is 0 Å². The quantitative estimate of drug-likeness (QED) is 0.804. The van der Waals surface area contributed by atoms with Gasteiger partial charge >= 0.3 is 0 Å². The summed E-state index contributed by atoms with van der Waals surface area (Å²) in [6.45, 7) is 8.32. The monoisotopic (exact) mass is 213 g/mol. The van der Waals surface area contributed by atoms with Crippen molar-refractivity contribution in [2.45, 2.75) is 45.8 Å². The maximum absolute atomic E-state index is 5.85. The molecule has 5 heteroatoms. The van der Waals surface area contributed by atoms with E-state index in [1.807, 2.05) is 27.7 Å². The molecule has 0 saturated carbocycles. The van der Waals surface area contributed by atoms with Gasteiger partial charge < -0.3 is 15.0 Å². The Morgan fingerprint density at radius 1 is 1.33 bits per heavy atom. The molecule has 1 unspecified atom stereocenters. The highest BCUT2D eigenvalue weighted by molar-refractivity contribution is 4.95. The SMILES string of the molecule is CC(C)OCC(N)c1noc(C(C)C)n1. The molecule has 0 saturated heterocycles. The lowest BCUT2D eigenvalue weighted by Crippen LogP contribution is -2.20. The third-order valence-corrected chi connectivity index (χ3v) is 1.89. The number of rotatable bonds is 5. The Morgan fingerprint density at radius 2 is 2.00 bits per heavy atom. The summed E-state index contributed by atoms with van der Waals surface area (Å²) in [5, 5.41) is 3.82. The van der Waals surface area contributed by atoms with Crippen LogP contribution in [-0.4, -0.2) is 22.9 Å². The van der Waals surface area contributed by atoms with Gasteiger partial charge in [0, 0.05) is 5.92 Å². The van der Waals surface area contributed by atoms with E-state index in [0.29, 0.717) is 18.3 Å². The minimum absolute atomic E-state index is 0.160. The summed E-state index contributed by atoms with van der Waals surface area (Å²) in [5.74, 6) is 1.36. The van der Waals surface area contributed by atoms with Gasteiger partial charge in [-0.15, -0.1) is 0 Å². The number of aromatic nitrogens is 2. The van der Waals surface area contributed by atoms with Crippen LogP contribution in [0.4, 0.5) is 0 Å². The maximum atomic E-state index is 5.85. The van der Waals surface area contributed by atoms with Crippen molar-refractivity contribution in [1.29, 1.82) is 0 Å². The van der Waals surface area contributed by atoms with Gasteiger partial charge in [-0.3, -0.25) is 0 Å². The molecule has 2 N–H and O–H groups in total. The van der Waals surface area contributed by atoms with Crippen LogP contribution in [0.25, 0.3) is 0 Å². The molecule has 1 aromatic rings. The van der Waals surface area contributed by atoms with E-state index in [2.05, 4.69) is 10.1 Å². The second-order valence-electron chi connectivity index (χ2n) is 4.13. The number of ether oxygens (including phenoxy) is 1. The molecule has 1 rings (SSSR count). The Labute approximate surface area is 90.0 Å². The molecular formula is C10H19N3O2. The lowest BCUT2D eigenvalue weighted by atomic mass is 10.2. The molecule has 0 aliphatic rings. The Kier molecular flexibility index (Phi) is 4.23. The highest BCUT2D eigenvalue weighted by atomic mass is 16.5. The second kappa shape index (κ2) is 5.23. The van der Waals surface area contributed by atoms with E-state index < -0.39 is 0 Å². The molecule has 5 nitrogen and oxygen atoms in total. The highest BCUT2D eigenvalue weighted by Crippen LogP contribution is 2.14. The van der Waals surface area contributed by atoms with Crippen molar-refractivity contribution in [3.63, 3.8) is 0 Å². The summed E-state index contributed by atoms with van der Waals surface area (Å²) < 4.78 is 10.4. The molecule has 86 valence electrons. The molecule has 0 spiro atoms. The van der Waals surface area contributed by atoms with Gasteiger partial charge in [0.2, 0.25) is 5.89 Å². The largest absolute Gasteiger partial charge is 0.377 e. The summed E-state index contributed by atoms with van der Waals surface area (Å²) in [6, 6.07) is -0.316. The minimum Gasteiger partial charge on any atom is -0.377 e. The highest BCUT2D eigenvalue weighted by Gasteiger charge is 2.16. The number of hydrogen-bond acceptors (Lipinski definition) is 5. The van der Waals surface area contributed by atoms with Gasteiger partial charge in [0.15, 0.2) is 5.82 Å². The predicted molar refractivity (Wildman–Crippen MR) is 56.4 cm³/mol. The zero-order valence-corrected chi connectivity index (χ0v) is 9.73. The van der Waals surface area contributed by atoms with E-state index in [4.69, 9.17) is 15.0 Å². The van der Waals surface area contributed by atoms with Crippen molar-refractivity contribution in [2.24, 2.45) is 5.73 Å². The molecule has 15 heavy (non-hydrogen) atoms.